The molecule has 0 unspecified atom stereocenters. The Labute approximate surface area is 223 Å². The molecule has 0 saturated heterocycles. The summed E-state index contributed by atoms with van der Waals surface area (Å²) in [5.41, 5.74) is 1.07. The Morgan fingerprint density at radius 2 is 1.67 bits per heavy atom. The molecule has 0 fully saturated rings. The molecule has 1 aromatic heterocycles. The molecule has 0 atom stereocenters. The number of carbonyl (C=O) groups is 1. The highest BCUT2D eigenvalue weighted by atomic mass is 19.4. The minimum absolute atomic E-state index is 0.0600. The molecule has 9 heteroatoms. The first-order chi connectivity index (χ1) is 18.7. The topological polar surface area (TPSA) is 69.0 Å². The maximum absolute atomic E-state index is 13.4. The maximum Gasteiger partial charge on any atom is 0.416 e. The summed E-state index contributed by atoms with van der Waals surface area (Å²) in [5.74, 6) is 0.149. The fraction of sp³-hybridized carbons (Fsp3) is 0.167. The molecular formula is C30H25F3N4O2. The van der Waals surface area contributed by atoms with Gasteiger partial charge >= 0.3 is 12.2 Å². The van der Waals surface area contributed by atoms with E-state index in [0.29, 0.717) is 23.5 Å². The van der Waals surface area contributed by atoms with Crippen molar-refractivity contribution in [3.05, 3.63) is 102 Å². The Morgan fingerprint density at radius 3 is 2.38 bits per heavy atom. The van der Waals surface area contributed by atoms with Crippen LogP contribution in [0, 0.1) is 5.92 Å². The first-order valence-corrected chi connectivity index (χ1v) is 12.4. The second kappa shape index (κ2) is 10.6. The fourth-order valence-electron chi connectivity index (χ4n) is 4.02. The molecule has 4 aromatic carbocycles. The molecule has 1 amide bonds. The number of hydrogen-bond acceptors (Lipinski definition) is 4. The van der Waals surface area contributed by atoms with Gasteiger partial charge in [0, 0.05) is 16.8 Å². The van der Waals surface area contributed by atoms with E-state index in [1.165, 1.54) is 10.7 Å². The molecule has 39 heavy (non-hydrogen) atoms. The lowest BCUT2D eigenvalue weighted by atomic mass is 10.1. The van der Waals surface area contributed by atoms with Gasteiger partial charge in [0.15, 0.2) is 5.82 Å². The van der Waals surface area contributed by atoms with Gasteiger partial charge in [-0.05, 0) is 65.2 Å². The highest BCUT2D eigenvalue weighted by Gasteiger charge is 2.31. The number of fused-ring (bicyclic) bond motifs is 1. The minimum Gasteiger partial charge on any atom is -0.462 e. The molecule has 1 heterocycles. The number of carbonyl (C=O) groups excluding carboxylic acids is 1. The van der Waals surface area contributed by atoms with Crippen molar-refractivity contribution in [1.29, 1.82) is 0 Å². The maximum atomic E-state index is 13.4. The van der Waals surface area contributed by atoms with Crippen LogP contribution in [0.15, 0.2) is 91.0 Å². The van der Waals surface area contributed by atoms with Gasteiger partial charge < -0.3 is 10.1 Å². The van der Waals surface area contributed by atoms with Crippen LogP contribution in [0.25, 0.3) is 27.8 Å². The van der Waals surface area contributed by atoms with E-state index in [1.807, 2.05) is 50.2 Å². The lowest BCUT2D eigenvalue weighted by Crippen LogP contribution is -2.12. The summed E-state index contributed by atoms with van der Waals surface area (Å²) in [4.78, 5) is 17.2. The van der Waals surface area contributed by atoms with E-state index in [1.54, 1.807) is 36.4 Å². The van der Waals surface area contributed by atoms with E-state index in [2.05, 4.69) is 15.4 Å². The lowest BCUT2D eigenvalue weighted by Gasteiger charge is -2.10. The third kappa shape index (κ3) is 5.93. The van der Waals surface area contributed by atoms with Crippen molar-refractivity contribution in [2.45, 2.75) is 20.0 Å². The van der Waals surface area contributed by atoms with E-state index in [-0.39, 0.29) is 29.2 Å². The zero-order valence-corrected chi connectivity index (χ0v) is 21.2. The van der Waals surface area contributed by atoms with E-state index >= 15 is 0 Å². The lowest BCUT2D eigenvalue weighted by molar-refractivity contribution is -0.137. The summed E-state index contributed by atoms with van der Waals surface area (Å²) in [6.07, 6.45) is -4.50. The largest absolute Gasteiger partial charge is 0.462 e. The van der Waals surface area contributed by atoms with E-state index < -0.39 is 11.7 Å². The van der Waals surface area contributed by atoms with Gasteiger partial charge in [0.2, 0.25) is 0 Å². The second-order valence-corrected chi connectivity index (χ2v) is 9.48. The van der Waals surface area contributed by atoms with Crippen LogP contribution in [0.4, 0.5) is 18.9 Å². The normalized spacial score (nSPS) is 11.6. The van der Waals surface area contributed by atoms with E-state index in [0.717, 1.165) is 22.9 Å². The van der Waals surface area contributed by atoms with E-state index in [4.69, 9.17) is 4.74 Å². The molecule has 6 nitrogen and oxygen atoms in total. The number of benzene rings is 4. The molecule has 198 valence electrons. The van der Waals surface area contributed by atoms with Crippen LogP contribution in [0.1, 0.15) is 29.8 Å². The Hall–Kier alpha value is -4.66. The molecule has 0 aliphatic rings. The smallest absolute Gasteiger partial charge is 0.416 e. The summed E-state index contributed by atoms with van der Waals surface area (Å²) < 4.78 is 47.2. The predicted molar refractivity (Wildman–Crippen MR) is 144 cm³/mol. The monoisotopic (exact) mass is 530 g/mol. The van der Waals surface area contributed by atoms with Crippen LogP contribution in [-0.4, -0.2) is 27.3 Å². The zero-order chi connectivity index (χ0) is 27.6. The Bertz CT molecular complexity index is 1630. The number of amides is 1. The highest BCUT2D eigenvalue weighted by molar-refractivity contribution is 6.06. The van der Waals surface area contributed by atoms with Gasteiger partial charge in [-0.3, -0.25) is 4.79 Å². The van der Waals surface area contributed by atoms with Gasteiger partial charge in [-0.15, -0.1) is 5.10 Å². The van der Waals surface area contributed by atoms with Crippen LogP contribution in [0.5, 0.6) is 6.01 Å². The molecule has 5 aromatic rings. The number of rotatable bonds is 7. The van der Waals surface area contributed by atoms with E-state index in [9.17, 15) is 18.0 Å². The van der Waals surface area contributed by atoms with Crippen molar-refractivity contribution in [2.75, 3.05) is 11.9 Å². The SMILES string of the molecule is CC(C)COc1nc(-c2cccc(C(F)(F)F)c2)n(-c2ccc(NC(=O)c3ccc4ccccc4c3)cc2)n1. The van der Waals surface area contributed by atoms with Gasteiger partial charge in [0.1, 0.15) is 0 Å². The average Bonchev–Trinajstić information content (AvgIpc) is 3.36. The summed E-state index contributed by atoms with van der Waals surface area (Å²) in [7, 11) is 0. The van der Waals surface area contributed by atoms with Crippen LogP contribution >= 0.6 is 0 Å². The van der Waals surface area contributed by atoms with Gasteiger partial charge in [-0.25, -0.2) is 4.68 Å². The molecule has 1 N–H and O–H groups in total. The second-order valence-electron chi connectivity index (χ2n) is 9.48. The first-order valence-electron chi connectivity index (χ1n) is 12.4. The molecule has 0 aliphatic heterocycles. The number of ether oxygens (including phenoxy) is 1. The van der Waals surface area contributed by atoms with Crippen molar-refractivity contribution in [3.63, 3.8) is 0 Å². The summed E-state index contributed by atoms with van der Waals surface area (Å²) in [5, 5.41) is 9.28. The number of nitrogens with zero attached hydrogens (tertiary/aromatic N) is 3. The van der Waals surface area contributed by atoms with Crippen molar-refractivity contribution in [3.8, 4) is 23.1 Å². The summed E-state index contributed by atoms with van der Waals surface area (Å²) in [6, 6.07) is 25.0. The number of nitrogens with one attached hydrogen (secondary N) is 1. The number of anilines is 1. The Balaban J connectivity index is 1.43. The van der Waals surface area contributed by atoms with Gasteiger partial charge in [0.25, 0.3) is 5.91 Å². The van der Waals surface area contributed by atoms with Crippen molar-refractivity contribution >= 4 is 22.4 Å². The van der Waals surface area contributed by atoms with Crippen LogP contribution < -0.4 is 10.1 Å². The van der Waals surface area contributed by atoms with Crippen LogP contribution in [0.3, 0.4) is 0 Å². The highest BCUT2D eigenvalue weighted by Crippen LogP contribution is 2.33. The molecule has 0 aliphatic carbocycles. The van der Waals surface area contributed by atoms with Crippen molar-refractivity contribution < 1.29 is 22.7 Å². The van der Waals surface area contributed by atoms with Gasteiger partial charge in [-0.1, -0.05) is 56.3 Å². The first kappa shape index (κ1) is 26.0. The number of alkyl halides is 3. The summed E-state index contributed by atoms with van der Waals surface area (Å²) in [6.45, 7) is 4.29. The number of aromatic nitrogens is 3. The standard InChI is InChI=1S/C30H25F3N4O2/c1-19(2)18-39-29-35-27(22-8-5-9-24(17-22)30(31,32)33)37(36-29)26-14-12-25(13-15-26)34-28(38)23-11-10-20-6-3-4-7-21(20)16-23/h3-17,19H,18H2,1-2H3,(H,34,38). The fourth-order valence-corrected chi connectivity index (χ4v) is 4.02. The van der Waals surface area contributed by atoms with Crippen molar-refractivity contribution in [1.82, 2.24) is 14.8 Å². The van der Waals surface area contributed by atoms with Crippen LogP contribution in [-0.2, 0) is 6.18 Å². The molecule has 0 radical (unpaired) electrons. The quantitative estimate of drug-likeness (QED) is 0.238. The third-order valence-electron chi connectivity index (χ3n) is 5.96. The number of halogens is 3. The molecule has 0 saturated carbocycles. The Morgan fingerprint density at radius 1 is 0.923 bits per heavy atom. The molecular weight excluding hydrogens is 505 g/mol. The van der Waals surface area contributed by atoms with Crippen molar-refractivity contribution in [2.24, 2.45) is 5.92 Å². The third-order valence-corrected chi connectivity index (χ3v) is 5.96. The molecule has 0 bridgehead atoms. The predicted octanol–water partition coefficient (Wildman–Crippen LogP) is 7.39. The Kier molecular flexibility index (Phi) is 7.06. The minimum atomic E-state index is -4.50. The van der Waals surface area contributed by atoms with Crippen LogP contribution in [0.2, 0.25) is 0 Å². The zero-order valence-electron chi connectivity index (χ0n) is 21.2. The van der Waals surface area contributed by atoms with Gasteiger partial charge in [0.05, 0.1) is 17.9 Å². The van der Waals surface area contributed by atoms with Gasteiger partial charge in [-0.2, -0.15) is 18.2 Å². The summed E-state index contributed by atoms with van der Waals surface area (Å²) >= 11 is 0. The molecule has 0 spiro atoms. The molecule has 5 rings (SSSR count). The number of hydrogen-bond donors (Lipinski definition) is 1. The average molecular weight is 531 g/mol.